The van der Waals surface area contributed by atoms with Gasteiger partial charge in [-0.3, -0.25) is 0 Å². The lowest BCUT2D eigenvalue weighted by Gasteiger charge is -2.29. The molecule has 4 nitrogen and oxygen atoms in total. The van der Waals surface area contributed by atoms with Gasteiger partial charge in [0.15, 0.2) is 0 Å². The van der Waals surface area contributed by atoms with Crippen molar-refractivity contribution in [1.29, 1.82) is 5.26 Å². The summed E-state index contributed by atoms with van der Waals surface area (Å²) < 4.78 is 0. The van der Waals surface area contributed by atoms with E-state index in [-0.39, 0.29) is 5.54 Å². The second kappa shape index (κ2) is 10.1. The van der Waals surface area contributed by atoms with Gasteiger partial charge in [-0.1, -0.05) is 20.8 Å². The monoisotopic (exact) mass is 282 g/mol. The minimum atomic E-state index is -0.342. The van der Waals surface area contributed by atoms with Crippen molar-refractivity contribution in [2.24, 2.45) is 5.92 Å². The molecule has 118 valence electrons. The van der Waals surface area contributed by atoms with Crippen molar-refractivity contribution in [1.82, 2.24) is 15.1 Å². The summed E-state index contributed by atoms with van der Waals surface area (Å²) in [4.78, 5) is 4.75. The molecule has 0 rings (SSSR count). The predicted molar refractivity (Wildman–Crippen MR) is 86.8 cm³/mol. The summed E-state index contributed by atoms with van der Waals surface area (Å²) in [5.41, 5.74) is -0.342. The fraction of sp³-hybridized carbons (Fsp3) is 0.938. The van der Waals surface area contributed by atoms with Gasteiger partial charge < -0.3 is 15.1 Å². The molecule has 1 atom stereocenters. The molecule has 0 aromatic rings. The normalized spacial score (nSPS) is 14.8. The largest absolute Gasteiger partial charge is 0.308 e. The van der Waals surface area contributed by atoms with Crippen LogP contribution in [0.5, 0.6) is 0 Å². The molecule has 0 saturated heterocycles. The molecule has 20 heavy (non-hydrogen) atoms. The maximum absolute atomic E-state index is 9.33. The van der Waals surface area contributed by atoms with Crippen molar-refractivity contribution in [2.75, 3.05) is 47.3 Å². The smallest absolute Gasteiger partial charge is 0.106 e. The van der Waals surface area contributed by atoms with Crippen molar-refractivity contribution < 1.29 is 0 Å². The van der Waals surface area contributed by atoms with Crippen LogP contribution in [-0.4, -0.2) is 62.7 Å². The number of hydrogen-bond acceptors (Lipinski definition) is 4. The van der Waals surface area contributed by atoms with Gasteiger partial charge in [-0.15, -0.1) is 0 Å². The van der Waals surface area contributed by atoms with Gasteiger partial charge in [0.1, 0.15) is 5.54 Å². The maximum atomic E-state index is 9.33. The number of likely N-dealkylation sites (N-methyl/N-ethyl adjacent to an activating group) is 1. The second-order valence-corrected chi connectivity index (χ2v) is 6.40. The van der Waals surface area contributed by atoms with E-state index in [1.165, 1.54) is 0 Å². The van der Waals surface area contributed by atoms with Crippen molar-refractivity contribution in [3.63, 3.8) is 0 Å². The first-order chi connectivity index (χ1) is 9.39. The first-order valence-electron chi connectivity index (χ1n) is 7.86. The second-order valence-electron chi connectivity index (χ2n) is 6.40. The summed E-state index contributed by atoms with van der Waals surface area (Å²) in [6, 6.07) is 2.44. The average Bonchev–Trinajstić information content (AvgIpc) is 2.40. The minimum Gasteiger partial charge on any atom is -0.308 e. The molecule has 0 aliphatic heterocycles. The topological polar surface area (TPSA) is 42.3 Å². The summed E-state index contributed by atoms with van der Waals surface area (Å²) in [6.07, 6.45) is 2.86. The molecule has 0 saturated carbocycles. The Labute approximate surface area is 126 Å². The quantitative estimate of drug-likeness (QED) is 0.631. The fourth-order valence-corrected chi connectivity index (χ4v) is 2.43. The zero-order chi connectivity index (χ0) is 15.6. The van der Waals surface area contributed by atoms with Crippen LogP contribution in [-0.2, 0) is 0 Å². The number of nitrogens with zero attached hydrogens (tertiary/aromatic N) is 3. The van der Waals surface area contributed by atoms with E-state index in [0.717, 1.165) is 45.4 Å². The molecule has 1 N–H and O–H groups in total. The number of rotatable bonds is 11. The van der Waals surface area contributed by atoms with Gasteiger partial charge >= 0.3 is 0 Å². The Morgan fingerprint density at radius 2 is 1.85 bits per heavy atom. The molecule has 0 heterocycles. The Morgan fingerprint density at radius 3 is 2.25 bits per heavy atom. The van der Waals surface area contributed by atoms with Crippen LogP contribution >= 0.6 is 0 Å². The molecule has 0 aromatic heterocycles. The van der Waals surface area contributed by atoms with Gasteiger partial charge in [-0.05, 0) is 52.9 Å². The number of hydrogen-bond donors (Lipinski definition) is 1. The van der Waals surface area contributed by atoms with Crippen LogP contribution in [0, 0.1) is 17.2 Å². The van der Waals surface area contributed by atoms with Crippen molar-refractivity contribution in [3.8, 4) is 6.07 Å². The SMILES string of the molecule is CCC(C#N)(CCCN(CCN(C)C)CC(C)C)NC. The van der Waals surface area contributed by atoms with Crippen molar-refractivity contribution in [3.05, 3.63) is 0 Å². The Bertz CT molecular complexity index is 277. The molecular weight excluding hydrogens is 248 g/mol. The summed E-state index contributed by atoms with van der Waals surface area (Å²) >= 11 is 0. The van der Waals surface area contributed by atoms with Gasteiger partial charge in [0.05, 0.1) is 6.07 Å². The van der Waals surface area contributed by atoms with E-state index in [9.17, 15) is 5.26 Å². The first kappa shape index (κ1) is 19.4. The van der Waals surface area contributed by atoms with Gasteiger partial charge in [0.25, 0.3) is 0 Å². The first-order valence-corrected chi connectivity index (χ1v) is 7.86. The highest BCUT2D eigenvalue weighted by molar-refractivity contribution is 5.05. The zero-order valence-electron chi connectivity index (χ0n) is 14.4. The number of nitriles is 1. The third-order valence-electron chi connectivity index (χ3n) is 3.86. The average molecular weight is 282 g/mol. The van der Waals surface area contributed by atoms with Gasteiger partial charge in [0, 0.05) is 19.6 Å². The maximum Gasteiger partial charge on any atom is 0.106 e. The molecular formula is C16H34N4. The highest BCUT2D eigenvalue weighted by atomic mass is 15.2. The van der Waals surface area contributed by atoms with E-state index in [4.69, 9.17) is 0 Å². The van der Waals surface area contributed by atoms with Crippen LogP contribution in [0.4, 0.5) is 0 Å². The van der Waals surface area contributed by atoms with E-state index in [1.54, 1.807) is 0 Å². The van der Waals surface area contributed by atoms with Crippen molar-refractivity contribution >= 4 is 0 Å². The van der Waals surface area contributed by atoms with E-state index in [0.29, 0.717) is 5.92 Å². The zero-order valence-corrected chi connectivity index (χ0v) is 14.4. The lowest BCUT2D eigenvalue weighted by molar-refractivity contribution is 0.209. The molecule has 0 aliphatic rings. The molecule has 0 fully saturated rings. The Hall–Kier alpha value is -0.630. The molecule has 0 amide bonds. The lowest BCUT2D eigenvalue weighted by Crippen LogP contribution is -2.42. The van der Waals surface area contributed by atoms with Crippen LogP contribution in [0.15, 0.2) is 0 Å². The summed E-state index contributed by atoms with van der Waals surface area (Å²) in [6.45, 7) is 11.0. The van der Waals surface area contributed by atoms with Crippen LogP contribution in [0.25, 0.3) is 0 Å². The van der Waals surface area contributed by atoms with Gasteiger partial charge in [-0.25, -0.2) is 0 Å². The van der Waals surface area contributed by atoms with E-state index < -0.39 is 0 Å². The standard InChI is InChI=1S/C16H34N4/c1-7-16(14-17,18-4)9-8-10-20(13-15(2)3)12-11-19(5)6/h15,18H,7-13H2,1-6H3. The van der Waals surface area contributed by atoms with E-state index in [2.05, 4.69) is 56.1 Å². The summed E-state index contributed by atoms with van der Waals surface area (Å²) in [5, 5.41) is 12.5. The Kier molecular flexibility index (Phi) is 9.83. The molecule has 0 spiro atoms. The number of nitrogens with one attached hydrogen (secondary N) is 1. The highest BCUT2D eigenvalue weighted by Gasteiger charge is 2.25. The van der Waals surface area contributed by atoms with Crippen LogP contribution in [0.2, 0.25) is 0 Å². The molecule has 0 aliphatic carbocycles. The molecule has 0 radical (unpaired) electrons. The van der Waals surface area contributed by atoms with Crippen molar-refractivity contribution in [2.45, 2.75) is 45.6 Å². The van der Waals surface area contributed by atoms with Crippen LogP contribution in [0.1, 0.15) is 40.0 Å². The van der Waals surface area contributed by atoms with Gasteiger partial charge in [0.2, 0.25) is 0 Å². The molecule has 0 bridgehead atoms. The van der Waals surface area contributed by atoms with Crippen LogP contribution < -0.4 is 5.32 Å². The Morgan fingerprint density at radius 1 is 1.20 bits per heavy atom. The molecule has 1 unspecified atom stereocenters. The van der Waals surface area contributed by atoms with E-state index >= 15 is 0 Å². The van der Waals surface area contributed by atoms with Gasteiger partial charge in [-0.2, -0.15) is 5.26 Å². The summed E-state index contributed by atoms with van der Waals surface area (Å²) in [5.74, 6) is 0.688. The fourth-order valence-electron chi connectivity index (χ4n) is 2.43. The highest BCUT2D eigenvalue weighted by Crippen LogP contribution is 2.16. The minimum absolute atomic E-state index is 0.342. The third kappa shape index (κ3) is 7.84. The molecule has 4 heteroatoms. The van der Waals surface area contributed by atoms with Crippen LogP contribution in [0.3, 0.4) is 0 Å². The predicted octanol–water partition coefficient (Wildman–Crippen LogP) is 2.18. The lowest BCUT2D eigenvalue weighted by atomic mass is 9.92. The third-order valence-corrected chi connectivity index (χ3v) is 3.86. The Balaban J connectivity index is 4.27. The summed E-state index contributed by atoms with van der Waals surface area (Å²) in [7, 11) is 6.13. The molecule has 0 aromatic carbocycles. The van der Waals surface area contributed by atoms with E-state index in [1.807, 2.05) is 7.05 Å².